The van der Waals surface area contributed by atoms with Crippen LogP contribution in [0, 0.1) is 11.8 Å². The minimum absolute atomic E-state index is 0.0537. The number of unbranched alkanes of at least 4 members (excludes halogenated alkanes) is 1. The fraction of sp³-hybridized carbons (Fsp3) is 0.800. The van der Waals surface area contributed by atoms with Gasteiger partial charge in [0.2, 0.25) is 18.2 Å². The first-order chi connectivity index (χ1) is 10.2. The van der Waals surface area contributed by atoms with Crippen LogP contribution < -0.4 is 5.32 Å². The van der Waals surface area contributed by atoms with E-state index < -0.39 is 12.0 Å². The van der Waals surface area contributed by atoms with Crippen LogP contribution in [-0.2, 0) is 14.4 Å². The van der Waals surface area contributed by atoms with Gasteiger partial charge < -0.3 is 10.2 Å². The molecule has 0 radical (unpaired) electrons. The van der Waals surface area contributed by atoms with Gasteiger partial charge in [-0.2, -0.15) is 0 Å². The summed E-state index contributed by atoms with van der Waals surface area (Å²) in [5, 5.41) is 12.5. The Hall–Kier alpha value is -1.63. The number of amides is 3. The molecule has 0 saturated heterocycles. The molecule has 0 aliphatic carbocycles. The maximum Gasteiger partial charge on any atom is 0.244 e. The van der Waals surface area contributed by atoms with E-state index in [1.807, 2.05) is 20.8 Å². The smallest absolute Gasteiger partial charge is 0.244 e. The zero-order valence-electron chi connectivity index (χ0n) is 14.2. The summed E-state index contributed by atoms with van der Waals surface area (Å²) in [6.45, 7) is 5.64. The molecule has 3 amide bonds. The van der Waals surface area contributed by atoms with Crippen LogP contribution in [0.1, 0.15) is 40.0 Å². The van der Waals surface area contributed by atoms with Gasteiger partial charge in [-0.15, -0.1) is 0 Å². The third-order valence-corrected chi connectivity index (χ3v) is 3.48. The van der Waals surface area contributed by atoms with Gasteiger partial charge in [-0.1, -0.05) is 33.6 Å². The summed E-state index contributed by atoms with van der Waals surface area (Å²) in [5.74, 6) is -1.08. The highest BCUT2D eigenvalue weighted by Gasteiger charge is 2.29. The van der Waals surface area contributed by atoms with Gasteiger partial charge in [0.1, 0.15) is 6.04 Å². The molecule has 0 bridgehead atoms. The summed E-state index contributed by atoms with van der Waals surface area (Å²) in [5.41, 5.74) is 0. The van der Waals surface area contributed by atoms with E-state index >= 15 is 0 Å². The molecule has 7 nitrogen and oxygen atoms in total. The average molecular weight is 315 g/mol. The van der Waals surface area contributed by atoms with Crippen molar-refractivity contribution in [1.29, 1.82) is 0 Å². The van der Waals surface area contributed by atoms with Crippen LogP contribution in [0.15, 0.2) is 0 Å². The van der Waals surface area contributed by atoms with Gasteiger partial charge in [0.15, 0.2) is 0 Å². The number of rotatable bonds is 10. The second-order valence-corrected chi connectivity index (χ2v) is 6.03. The number of likely N-dealkylation sites (N-methyl/N-ethyl adjacent to an activating group) is 1. The zero-order valence-corrected chi connectivity index (χ0v) is 14.2. The normalized spacial score (nSPS) is 13.4. The maximum atomic E-state index is 12.4. The minimum atomic E-state index is -0.616. The first kappa shape index (κ1) is 20.4. The molecule has 0 aromatic rings. The van der Waals surface area contributed by atoms with E-state index in [2.05, 4.69) is 5.32 Å². The Labute approximate surface area is 132 Å². The molecule has 0 unspecified atom stereocenters. The molecule has 0 heterocycles. The van der Waals surface area contributed by atoms with E-state index in [1.54, 1.807) is 14.1 Å². The molecule has 0 fully saturated rings. The Kier molecular flexibility index (Phi) is 9.40. The van der Waals surface area contributed by atoms with E-state index in [9.17, 15) is 19.6 Å². The van der Waals surface area contributed by atoms with Crippen LogP contribution in [0.2, 0.25) is 0 Å². The highest BCUT2D eigenvalue weighted by atomic mass is 16.5. The SMILES string of the molecule is CCCC[C@H](CN(O)C=O)C(=O)N[C@H](C(=O)N(C)C)C(C)C. The largest absolute Gasteiger partial charge is 0.347 e. The molecule has 0 spiro atoms. The molecule has 2 N–H and O–H groups in total. The van der Waals surface area contributed by atoms with Crippen molar-refractivity contribution in [2.75, 3.05) is 20.6 Å². The van der Waals surface area contributed by atoms with E-state index in [4.69, 9.17) is 0 Å². The fourth-order valence-electron chi connectivity index (χ4n) is 2.09. The predicted octanol–water partition coefficient (Wildman–Crippen LogP) is 0.869. The molecule has 0 aliphatic rings. The molecular formula is C15H29N3O4. The van der Waals surface area contributed by atoms with Gasteiger partial charge in [0.05, 0.1) is 12.5 Å². The molecule has 0 aromatic carbocycles. The highest BCUT2D eigenvalue weighted by molar-refractivity contribution is 5.88. The van der Waals surface area contributed by atoms with E-state index in [0.29, 0.717) is 11.5 Å². The standard InChI is InChI=1S/C15H29N3O4/c1-6-7-8-12(9-18(22)10-19)14(20)16-13(11(2)3)15(21)17(4)5/h10-13,22H,6-9H2,1-5H3,(H,16,20)/t12-,13+/m1/s1. The minimum Gasteiger partial charge on any atom is -0.347 e. The lowest BCUT2D eigenvalue weighted by Crippen LogP contribution is -2.51. The Morgan fingerprint density at radius 3 is 2.27 bits per heavy atom. The van der Waals surface area contributed by atoms with E-state index in [-0.39, 0.29) is 30.7 Å². The van der Waals surface area contributed by atoms with Gasteiger partial charge in [-0.05, 0) is 12.3 Å². The molecule has 0 saturated carbocycles. The number of nitrogens with one attached hydrogen (secondary N) is 1. The van der Waals surface area contributed by atoms with Crippen LogP contribution in [-0.4, -0.2) is 60.1 Å². The van der Waals surface area contributed by atoms with Crippen molar-refractivity contribution >= 4 is 18.2 Å². The average Bonchev–Trinajstić information content (AvgIpc) is 2.47. The third kappa shape index (κ3) is 6.89. The van der Waals surface area contributed by atoms with Crippen molar-refractivity contribution in [2.24, 2.45) is 11.8 Å². The maximum absolute atomic E-state index is 12.4. The lowest BCUT2D eigenvalue weighted by atomic mass is 9.98. The Morgan fingerprint density at radius 1 is 1.27 bits per heavy atom. The van der Waals surface area contributed by atoms with Crippen molar-refractivity contribution < 1.29 is 19.6 Å². The van der Waals surface area contributed by atoms with Gasteiger partial charge in [-0.3, -0.25) is 19.6 Å². The number of hydrogen-bond acceptors (Lipinski definition) is 4. The first-order valence-electron chi connectivity index (χ1n) is 7.66. The second-order valence-electron chi connectivity index (χ2n) is 6.03. The number of hydroxylamine groups is 2. The first-order valence-corrected chi connectivity index (χ1v) is 7.66. The molecule has 128 valence electrons. The van der Waals surface area contributed by atoms with E-state index in [0.717, 1.165) is 12.8 Å². The zero-order chi connectivity index (χ0) is 17.3. The molecule has 0 aromatic heterocycles. The van der Waals surface area contributed by atoms with Crippen LogP contribution in [0.25, 0.3) is 0 Å². The van der Waals surface area contributed by atoms with Crippen molar-refractivity contribution in [1.82, 2.24) is 15.3 Å². The van der Waals surface area contributed by atoms with Crippen LogP contribution in [0.5, 0.6) is 0 Å². The van der Waals surface area contributed by atoms with Gasteiger partial charge in [0, 0.05) is 14.1 Å². The van der Waals surface area contributed by atoms with Crippen LogP contribution in [0.3, 0.4) is 0 Å². The second kappa shape index (κ2) is 10.2. The molecule has 22 heavy (non-hydrogen) atoms. The van der Waals surface area contributed by atoms with Gasteiger partial charge in [-0.25, -0.2) is 5.06 Å². The predicted molar refractivity (Wildman–Crippen MR) is 83.0 cm³/mol. The Morgan fingerprint density at radius 2 is 1.86 bits per heavy atom. The lowest BCUT2D eigenvalue weighted by molar-refractivity contribution is -0.155. The third-order valence-electron chi connectivity index (χ3n) is 3.48. The van der Waals surface area contributed by atoms with Crippen molar-refractivity contribution in [3.63, 3.8) is 0 Å². The Bertz CT molecular complexity index is 372. The van der Waals surface area contributed by atoms with Crippen LogP contribution in [0.4, 0.5) is 0 Å². The summed E-state index contributed by atoms with van der Waals surface area (Å²) in [7, 11) is 3.28. The summed E-state index contributed by atoms with van der Waals surface area (Å²) in [6, 6.07) is -0.616. The quantitative estimate of drug-likeness (QED) is 0.355. The van der Waals surface area contributed by atoms with Crippen molar-refractivity contribution in [2.45, 2.75) is 46.1 Å². The van der Waals surface area contributed by atoms with Crippen molar-refractivity contribution in [3.05, 3.63) is 0 Å². The topological polar surface area (TPSA) is 90.0 Å². The van der Waals surface area contributed by atoms with E-state index in [1.165, 1.54) is 4.90 Å². The molecule has 0 aliphatic heterocycles. The van der Waals surface area contributed by atoms with Gasteiger partial charge in [0.25, 0.3) is 0 Å². The lowest BCUT2D eigenvalue weighted by Gasteiger charge is -2.27. The number of carbonyl (C=O) groups excluding carboxylic acids is 3. The molecule has 0 rings (SSSR count). The molecular weight excluding hydrogens is 286 g/mol. The molecule has 7 heteroatoms. The summed E-state index contributed by atoms with van der Waals surface area (Å²) in [6.07, 6.45) is 2.53. The van der Waals surface area contributed by atoms with Gasteiger partial charge >= 0.3 is 0 Å². The molecule has 2 atom stereocenters. The van der Waals surface area contributed by atoms with Crippen LogP contribution >= 0.6 is 0 Å². The monoisotopic (exact) mass is 315 g/mol. The summed E-state index contributed by atoms with van der Waals surface area (Å²) in [4.78, 5) is 36.5. The van der Waals surface area contributed by atoms with Crippen molar-refractivity contribution in [3.8, 4) is 0 Å². The number of carbonyl (C=O) groups is 3. The Balaban J connectivity index is 4.94. The number of nitrogens with zero attached hydrogens (tertiary/aromatic N) is 2. The summed E-state index contributed by atoms with van der Waals surface area (Å²) >= 11 is 0. The highest BCUT2D eigenvalue weighted by Crippen LogP contribution is 2.12. The number of hydrogen-bond donors (Lipinski definition) is 2. The summed E-state index contributed by atoms with van der Waals surface area (Å²) < 4.78 is 0. The fourth-order valence-corrected chi connectivity index (χ4v) is 2.09.